The minimum absolute atomic E-state index is 0. The van der Waals surface area contributed by atoms with E-state index in [9.17, 15) is 22.4 Å². The Bertz CT molecular complexity index is 536. The highest BCUT2D eigenvalue weighted by Crippen LogP contribution is 2.32. The molecule has 1 aromatic rings. The fourth-order valence-electron chi connectivity index (χ4n) is 2.50. The Morgan fingerprint density at radius 2 is 1.95 bits per heavy atom. The summed E-state index contributed by atoms with van der Waals surface area (Å²) in [5.74, 6) is -1.76. The van der Waals surface area contributed by atoms with Crippen LogP contribution in [0.3, 0.4) is 0 Å². The molecule has 124 valence electrons. The van der Waals surface area contributed by atoms with Crippen LogP contribution in [-0.4, -0.2) is 11.9 Å². The first-order chi connectivity index (χ1) is 9.77. The summed E-state index contributed by atoms with van der Waals surface area (Å²) in [5.41, 5.74) is 4.31. The summed E-state index contributed by atoms with van der Waals surface area (Å²) in [6.45, 7) is 0. The summed E-state index contributed by atoms with van der Waals surface area (Å²) in [5, 5.41) is 2.24. The number of benzene rings is 1. The average molecular weight is 341 g/mol. The van der Waals surface area contributed by atoms with Gasteiger partial charge in [0.05, 0.1) is 11.3 Å². The zero-order valence-corrected chi connectivity index (χ0v) is 12.4. The second-order valence-corrected chi connectivity index (χ2v) is 5.31. The molecule has 1 fully saturated rings. The van der Waals surface area contributed by atoms with Gasteiger partial charge in [-0.15, -0.1) is 12.4 Å². The van der Waals surface area contributed by atoms with Crippen LogP contribution in [0.25, 0.3) is 0 Å². The predicted molar refractivity (Wildman–Crippen MR) is 77.2 cm³/mol. The number of nitrogens with one attached hydrogen (secondary N) is 1. The molecular formula is C14H17ClF4N2O. The van der Waals surface area contributed by atoms with Crippen LogP contribution in [0, 0.1) is 11.7 Å². The van der Waals surface area contributed by atoms with Gasteiger partial charge in [-0.3, -0.25) is 4.79 Å². The monoisotopic (exact) mass is 340 g/mol. The highest BCUT2D eigenvalue weighted by atomic mass is 35.5. The molecule has 2 atom stereocenters. The first kappa shape index (κ1) is 18.7. The number of carbonyl (C=O) groups excluding carboxylic acids is 1. The molecular weight excluding hydrogens is 324 g/mol. The van der Waals surface area contributed by atoms with E-state index in [2.05, 4.69) is 5.32 Å². The maximum absolute atomic E-state index is 13.6. The molecule has 1 aromatic carbocycles. The van der Waals surface area contributed by atoms with Gasteiger partial charge in [-0.05, 0) is 37.5 Å². The second-order valence-electron chi connectivity index (χ2n) is 5.31. The van der Waals surface area contributed by atoms with Crippen molar-refractivity contribution in [3.63, 3.8) is 0 Å². The lowest BCUT2D eigenvalue weighted by Gasteiger charge is -2.25. The van der Waals surface area contributed by atoms with E-state index in [1.807, 2.05) is 0 Å². The lowest BCUT2D eigenvalue weighted by atomic mass is 9.85. The third-order valence-electron chi connectivity index (χ3n) is 3.64. The van der Waals surface area contributed by atoms with Crippen molar-refractivity contribution >= 4 is 24.0 Å². The van der Waals surface area contributed by atoms with Gasteiger partial charge >= 0.3 is 6.18 Å². The molecule has 1 aliphatic rings. The van der Waals surface area contributed by atoms with Gasteiger partial charge in [0.1, 0.15) is 5.82 Å². The number of rotatable bonds is 2. The third kappa shape index (κ3) is 4.58. The highest BCUT2D eigenvalue weighted by molar-refractivity contribution is 5.92. The largest absolute Gasteiger partial charge is 0.416 e. The van der Waals surface area contributed by atoms with E-state index in [1.165, 1.54) is 0 Å². The minimum atomic E-state index is -4.58. The molecule has 22 heavy (non-hydrogen) atoms. The normalized spacial score (nSPS) is 21.9. The van der Waals surface area contributed by atoms with E-state index in [-0.39, 0.29) is 24.4 Å². The van der Waals surface area contributed by atoms with E-state index in [1.54, 1.807) is 0 Å². The van der Waals surface area contributed by atoms with Gasteiger partial charge in [0.25, 0.3) is 0 Å². The van der Waals surface area contributed by atoms with Crippen LogP contribution in [0.4, 0.5) is 23.2 Å². The molecule has 0 aliphatic heterocycles. The molecule has 0 bridgehead atoms. The van der Waals surface area contributed by atoms with E-state index in [0.717, 1.165) is 12.8 Å². The maximum Gasteiger partial charge on any atom is 0.416 e. The van der Waals surface area contributed by atoms with Crippen molar-refractivity contribution in [2.45, 2.75) is 37.9 Å². The van der Waals surface area contributed by atoms with Crippen molar-refractivity contribution in [1.29, 1.82) is 0 Å². The van der Waals surface area contributed by atoms with Gasteiger partial charge in [-0.25, -0.2) is 4.39 Å². The molecule has 2 unspecified atom stereocenters. The smallest absolute Gasteiger partial charge is 0.328 e. The van der Waals surface area contributed by atoms with Crippen LogP contribution in [0.1, 0.15) is 31.2 Å². The zero-order chi connectivity index (χ0) is 15.6. The van der Waals surface area contributed by atoms with Crippen LogP contribution >= 0.6 is 12.4 Å². The molecule has 0 radical (unpaired) electrons. The van der Waals surface area contributed by atoms with Crippen molar-refractivity contribution in [1.82, 2.24) is 0 Å². The summed E-state index contributed by atoms with van der Waals surface area (Å²) in [6.07, 6.45) is -1.90. The second kappa shape index (κ2) is 7.28. The van der Waals surface area contributed by atoms with Crippen LogP contribution < -0.4 is 11.1 Å². The van der Waals surface area contributed by atoms with Gasteiger partial charge in [0, 0.05) is 12.0 Å². The van der Waals surface area contributed by atoms with Crippen molar-refractivity contribution in [3.05, 3.63) is 29.6 Å². The molecule has 1 amide bonds. The number of halogens is 5. The number of carbonyl (C=O) groups is 1. The van der Waals surface area contributed by atoms with Gasteiger partial charge in [0.2, 0.25) is 5.91 Å². The van der Waals surface area contributed by atoms with Crippen molar-refractivity contribution in [3.8, 4) is 0 Å². The summed E-state index contributed by atoms with van der Waals surface area (Å²) in [4.78, 5) is 12.0. The number of nitrogens with two attached hydrogens (primary N) is 1. The van der Waals surface area contributed by atoms with E-state index >= 15 is 0 Å². The van der Waals surface area contributed by atoms with Crippen molar-refractivity contribution in [2.75, 3.05) is 5.32 Å². The molecule has 0 saturated heterocycles. The number of hydrogen-bond donors (Lipinski definition) is 2. The number of anilines is 1. The molecule has 3 nitrogen and oxygen atoms in total. The highest BCUT2D eigenvalue weighted by Gasteiger charge is 2.32. The van der Waals surface area contributed by atoms with Gasteiger partial charge in [-0.1, -0.05) is 6.42 Å². The fourth-order valence-corrected chi connectivity index (χ4v) is 2.50. The summed E-state index contributed by atoms with van der Waals surface area (Å²) < 4.78 is 51.3. The summed E-state index contributed by atoms with van der Waals surface area (Å²) in [6, 6.07) is 1.85. The lowest BCUT2D eigenvalue weighted by molar-refractivity contribution is -0.137. The van der Waals surface area contributed by atoms with E-state index in [0.29, 0.717) is 31.0 Å². The molecule has 1 aliphatic carbocycles. The Balaban J connectivity index is 0.00000242. The predicted octanol–water partition coefficient (Wildman–Crippen LogP) is 3.72. The molecule has 0 aromatic heterocycles. The molecule has 2 rings (SSSR count). The third-order valence-corrected chi connectivity index (χ3v) is 3.64. The summed E-state index contributed by atoms with van der Waals surface area (Å²) in [7, 11) is 0. The zero-order valence-electron chi connectivity index (χ0n) is 11.6. The fraction of sp³-hybridized carbons (Fsp3) is 0.500. The van der Waals surface area contributed by atoms with E-state index in [4.69, 9.17) is 5.73 Å². The standard InChI is InChI=1S/C14H16F4N2O.ClH/c15-11-5-4-9(14(16,17)18)7-12(11)20-13(21)8-2-1-3-10(19)6-8;/h4-5,7-8,10H,1-3,6,19H2,(H,20,21);1H. The number of hydrogen-bond acceptors (Lipinski definition) is 2. The van der Waals surface area contributed by atoms with Crippen LogP contribution in [0.2, 0.25) is 0 Å². The Hall–Kier alpha value is -1.34. The lowest BCUT2D eigenvalue weighted by Crippen LogP contribution is -2.34. The van der Waals surface area contributed by atoms with Crippen LogP contribution in [0.15, 0.2) is 18.2 Å². The quantitative estimate of drug-likeness (QED) is 0.806. The Kier molecular flexibility index (Phi) is 6.19. The minimum Gasteiger partial charge on any atom is -0.328 e. The Morgan fingerprint density at radius 1 is 1.27 bits per heavy atom. The maximum atomic E-state index is 13.6. The molecule has 0 spiro atoms. The Labute approximate surface area is 131 Å². The summed E-state index contributed by atoms with van der Waals surface area (Å²) >= 11 is 0. The molecule has 0 heterocycles. The molecule has 8 heteroatoms. The molecule has 3 N–H and O–H groups in total. The first-order valence-electron chi connectivity index (χ1n) is 6.70. The number of alkyl halides is 3. The van der Waals surface area contributed by atoms with Crippen molar-refractivity contribution in [2.24, 2.45) is 11.7 Å². The van der Waals surface area contributed by atoms with Gasteiger partial charge in [-0.2, -0.15) is 13.2 Å². The SMILES string of the molecule is Cl.NC1CCCC(C(=O)Nc2cc(C(F)(F)F)ccc2F)C1. The number of amides is 1. The van der Waals surface area contributed by atoms with E-state index < -0.39 is 29.2 Å². The first-order valence-corrected chi connectivity index (χ1v) is 6.70. The Morgan fingerprint density at radius 3 is 2.55 bits per heavy atom. The van der Waals surface area contributed by atoms with Crippen LogP contribution in [0.5, 0.6) is 0 Å². The van der Waals surface area contributed by atoms with Crippen LogP contribution in [-0.2, 0) is 11.0 Å². The van der Waals surface area contributed by atoms with Gasteiger partial charge < -0.3 is 11.1 Å². The topological polar surface area (TPSA) is 55.1 Å². The molecule has 1 saturated carbocycles. The average Bonchev–Trinajstić information content (AvgIpc) is 2.40. The van der Waals surface area contributed by atoms with Crippen molar-refractivity contribution < 1.29 is 22.4 Å². The van der Waals surface area contributed by atoms with Gasteiger partial charge in [0.15, 0.2) is 0 Å².